The molecule has 1 aliphatic heterocycles. The van der Waals surface area contributed by atoms with Gasteiger partial charge in [-0.05, 0) is 17.5 Å². The predicted octanol–water partition coefficient (Wildman–Crippen LogP) is 4.19. The fraction of sp³-hybridized carbons (Fsp3) is 0.480. The molecular weight excluding hydrogens is 380 g/mol. The molecule has 162 valence electrons. The van der Waals surface area contributed by atoms with Crippen molar-refractivity contribution in [2.75, 3.05) is 13.7 Å². The molecule has 0 N–H and O–H groups in total. The summed E-state index contributed by atoms with van der Waals surface area (Å²) in [6.45, 7) is 3.50. The van der Waals surface area contributed by atoms with E-state index in [1.807, 2.05) is 60.7 Å². The molecule has 0 aromatic heterocycles. The van der Waals surface area contributed by atoms with Crippen LogP contribution in [0, 0.1) is 5.92 Å². The molecule has 2 aromatic carbocycles. The highest BCUT2D eigenvalue weighted by molar-refractivity contribution is 5.49. The Morgan fingerprint density at radius 2 is 1.53 bits per heavy atom. The third kappa shape index (κ3) is 6.22. The first-order valence-electron chi connectivity index (χ1n) is 10.6. The molecule has 5 atom stereocenters. The van der Waals surface area contributed by atoms with Crippen molar-refractivity contribution in [1.82, 2.24) is 0 Å². The van der Waals surface area contributed by atoms with Gasteiger partial charge in [0.25, 0.3) is 0 Å². The number of rotatable bonds is 11. The lowest BCUT2D eigenvalue weighted by atomic mass is 9.86. The third-order valence-electron chi connectivity index (χ3n) is 5.66. The molecule has 0 bridgehead atoms. The van der Waals surface area contributed by atoms with Gasteiger partial charge in [-0.15, -0.1) is 0 Å². The van der Waals surface area contributed by atoms with Crippen LogP contribution in [0.3, 0.4) is 0 Å². The summed E-state index contributed by atoms with van der Waals surface area (Å²) >= 11 is 0. The molecule has 30 heavy (non-hydrogen) atoms. The van der Waals surface area contributed by atoms with Crippen molar-refractivity contribution < 1.29 is 23.7 Å². The molecule has 0 spiro atoms. The second-order valence-electron chi connectivity index (χ2n) is 7.78. The lowest BCUT2D eigenvalue weighted by molar-refractivity contribution is -0.235. The quantitative estimate of drug-likeness (QED) is 0.518. The van der Waals surface area contributed by atoms with Gasteiger partial charge in [0.15, 0.2) is 0 Å². The first-order valence-corrected chi connectivity index (χ1v) is 10.6. The maximum Gasteiger partial charge on any atom is 0.120 e. The average molecular weight is 413 g/mol. The summed E-state index contributed by atoms with van der Waals surface area (Å²) in [5, 5.41) is 0. The van der Waals surface area contributed by atoms with Gasteiger partial charge in [0.2, 0.25) is 0 Å². The van der Waals surface area contributed by atoms with Crippen molar-refractivity contribution in [2.45, 2.75) is 57.4 Å². The SMILES string of the molecule is CO[C@@H]1[C@H](C)[C@@H](CCC=O)O[C@H](COCc2ccccc2)[C@@H]1OCc1ccccc1. The Bertz CT molecular complexity index is 736. The van der Waals surface area contributed by atoms with E-state index in [1.165, 1.54) is 0 Å². The molecule has 0 unspecified atom stereocenters. The van der Waals surface area contributed by atoms with E-state index in [0.29, 0.717) is 32.7 Å². The standard InChI is InChI=1S/C25H32O5/c1-19-22(14-9-15-26)30-23(18-28-16-20-10-5-3-6-11-20)25(24(19)27-2)29-17-21-12-7-4-8-13-21/h3-8,10-13,15,19,22-25H,9,14,16-18H2,1-2H3/t19-,22-,23-,24-,25+/m1/s1. The van der Waals surface area contributed by atoms with Crippen molar-refractivity contribution >= 4 is 6.29 Å². The molecule has 0 radical (unpaired) electrons. The van der Waals surface area contributed by atoms with Gasteiger partial charge in [-0.3, -0.25) is 0 Å². The van der Waals surface area contributed by atoms with Gasteiger partial charge >= 0.3 is 0 Å². The van der Waals surface area contributed by atoms with Gasteiger partial charge in [-0.1, -0.05) is 67.6 Å². The zero-order valence-electron chi connectivity index (χ0n) is 17.8. The Labute approximate surface area is 179 Å². The summed E-state index contributed by atoms with van der Waals surface area (Å²) in [6, 6.07) is 20.2. The first kappa shape index (κ1) is 22.6. The van der Waals surface area contributed by atoms with Gasteiger partial charge in [0.1, 0.15) is 18.5 Å². The fourth-order valence-electron chi connectivity index (χ4n) is 4.03. The number of benzene rings is 2. The van der Waals surface area contributed by atoms with Crippen molar-refractivity contribution in [3.05, 3.63) is 71.8 Å². The second kappa shape index (κ2) is 12.0. The van der Waals surface area contributed by atoms with Crippen molar-refractivity contribution in [2.24, 2.45) is 5.92 Å². The minimum absolute atomic E-state index is 0.0675. The van der Waals surface area contributed by atoms with Crippen LogP contribution < -0.4 is 0 Å². The maximum atomic E-state index is 10.9. The van der Waals surface area contributed by atoms with Crippen LogP contribution in [-0.4, -0.2) is 44.4 Å². The highest BCUT2D eigenvalue weighted by Crippen LogP contribution is 2.32. The number of carbonyl (C=O) groups is 1. The highest BCUT2D eigenvalue weighted by atomic mass is 16.6. The van der Waals surface area contributed by atoms with E-state index in [2.05, 4.69) is 6.92 Å². The van der Waals surface area contributed by atoms with Gasteiger partial charge < -0.3 is 23.7 Å². The number of hydrogen-bond acceptors (Lipinski definition) is 5. The topological polar surface area (TPSA) is 54.0 Å². The lowest BCUT2D eigenvalue weighted by Crippen LogP contribution is -2.56. The van der Waals surface area contributed by atoms with E-state index >= 15 is 0 Å². The van der Waals surface area contributed by atoms with Gasteiger partial charge in [-0.25, -0.2) is 0 Å². The summed E-state index contributed by atoms with van der Waals surface area (Å²) < 4.78 is 24.5. The molecule has 0 saturated carbocycles. The Balaban J connectivity index is 1.68. The van der Waals surface area contributed by atoms with Crippen molar-refractivity contribution in [1.29, 1.82) is 0 Å². The van der Waals surface area contributed by atoms with E-state index in [1.54, 1.807) is 7.11 Å². The Morgan fingerprint density at radius 3 is 2.13 bits per heavy atom. The molecule has 3 rings (SSSR count). The predicted molar refractivity (Wildman–Crippen MR) is 115 cm³/mol. The van der Waals surface area contributed by atoms with Crippen LogP contribution in [0.5, 0.6) is 0 Å². The monoisotopic (exact) mass is 412 g/mol. The molecule has 1 heterocycles. The number of hydrogen-bond donors (Lipinski definition) is 0. The Morgan fingerprint density at radius 1 is 0.900 bits per heavy atom. The van der Waals surface area contributed by atoms with Crippen LogP contribution in [0.25, 0.3) is 0 Å². The van der Waals surface area contributed by atoms with E-state index in [0.717, 1.165) is 17.4 Å². The maximum absolute atomic E-state index is 10.9. The fourth-order valence-corrected chi connectivity index (χ4v) is 4.03. The highest BCUT2D eigenvalue weighted by Gasteiger charge is 2.44. The van der Waals surface area contributed by atoms with Crippen LogP contribution in [0.2, 0.25) is 0 Å². The van der Waals surface area contributed by atoms with Crippen LogP contribution in [0.4, 0.5) is 0 Å². The number of methoxy groups -OCH3 is 1. The molecular formula is C25H32O5. The smallest absolute Gasteiger partial charge is 0.120 e. The minimum atomic E-state index is -0.268. The summed E-state index contributed by atoms with van der Waals surface area (Å²) in [4.78, 5) is 10.9. The molecule has 0 amide bonds. The van der Waals surface area contributed by atoms with Crippen LogP contribution >= 0.6 is 0 Å². The molecule has 1 saturated heterocycles. The van der Waals surface area contributed by atoms with Gasteiger partial charge in [-0.2, -0.15) is 0 Å². The molecule has 5 nitrogen and oxygen atoms in total. The van der Waals surface area contributed by atoms with Crippen LogP contribution in [0.1, 0.15) is 30.9 Å². The van der Waals surface area contributed by atoms with Crippen LogP contribution in [-0.2, 0) is 37.0 Å². The number of carbonyl (C=O) groups excluding carboxylic acids is 1. The lowest BCUT2D eigenvalue weighted by Gasteiger charge is -2.45. The molecule has 0 aliphatic carbocycles. The van der Waals surface area contributed by atoms with E-state index in [4.69, 9.17) is 18.9 Å². The largest absolute Gasteiger partial charge is 0.378 e. The van der Waals surface area contributed by atoms with E-state index < -0.39 is 0 Å². The molecule has 1 aliphatic rings. The summed E-state index contributed by atoms with van der Waals surface area (Å²) in [5.41, 5.74) is 2.22. The van der Waals surface area contributed by atoms with Crippen molar-refractivity contribution in [3.8, 4) is 0 Å². The zero-order valence-corrected chi connectivity index (χ0v) is 17.8. The second-order valence-corrected chi connectivity index (χ2v) is 7.78. The normalized spacial score (nSPS) is 26.4. The first-order chi connectivity index (χ1) is 14.7. The zero-order chi connectivity index (χ0) is 21.2. The van der Waals surface area contributed by atoms with Gasteiger partial charge in [0, 0.05) is 19.4 Å². The van der Waals surface area contributed by atoms with Gasteiger partial charge in [0.05, 0.1) is 32.0 Å². The number of aldehydes is 1. The van der Waals surface area contributed by atoms with E-state index in [-0.39, 0.29) is 30.3 Å². The molecule has 2 aromatic rings. The Hall–Kier alpha value is -2.05. The molecule has 5 heteroatoms. The van der Waals surface area contributed by atoms with Crippen molar-refractivity contribution in [3.63, 3.8) is 0 Å². The average Bonchev–Trinajstić information content (AvgIpc) is 2.79. The summed E-state index contributed by atoms with van der Waals surface area (Å²) in [6.07, 6.45) is 1.36. The van der Waals surface area contributed by atoms with E-state index in [9.17, 15) is 4.79 Å². The summed E-state index contributed by atoms with van der Waals surface area (Å²) in [5.74, 6) is 0.112. The number of ether oxygens (including phenoxy) is 4. The minimum Gasteiger partial charge on any atom is -0.378 e. The Kier molecular flexibility index (Phi) is 9.02. The molecule has 1 fully saturated rings. The summed E-state index contributed by atoms with van der Waals surface area (Å²) in [7, 11) is 1.71. The van der Waals surface area contributed by atoms with Crippen LogP contribution in [0.15, 0.2) is 60.7 Å². The third-order valence-corrected chi connectivity index (χ3v) is 5.66.